The summed E-state index contributed by atoms with van der Waals surface area (Å²) in [4.78, 5) is 25.7. The molecule has 12 nitrogen and oxygen atoms in total. The number of nitrogens with zero attached hydrogens (tertiary/aromatic N) is 5. The molecule has 0 saturated carbocycles. The first-order valence-corrected chi connectivity index (χ1v) is 16.3. The van der Waals surface area contributed by atoms with Crippen molar-refractivity contribution in [3.05, 3.63) is 57.7 Å². The van der Waals surface area contributed by atoms with E-state index in [0.717, 1.165) is 41.4 Å². The number of morpholine rings is 1. The van der Waals surface area contributed by atoms with Gasteiger partial charge in [0, 0.05) is 45.3 Å². The fourth-order valence-electron chi connectivity index (χ4n) is 5.10. The molecule has 1 fully saturated rings. The van der Waals surface area contributed by atoms with Gasteiger partial charge in [-0.05, 0) is 54.3 Å². The van der Waals surface area contributed by atoms with Gasteiger partial charge in [-0.1, -0.05) is 23.2 Å². The maximum Gasteiger partial charge on any atom is 0.244 e. The van der Waals surface area contributed by atoms with Gasteiger partial charge in [0.25, 0.3) is 0 Å². The average Bonchev–Trinajstić information content (AvgIpc) is 3.21. The van der Waals surface area contributed by atoms with Crippen molar-refractivity contribution in [2.75, 3.05) is 77.8 Å². The second kappa shape index (κ2) is 13.8. The highest BCUT2D eigenvalue weighted by atomic mass is 35.5. The van der Waals surface area contributed by atoms with Crippen molar-refractivity contribution in [2.24, 2.45) is 0 Å². The van der Waals surface area contributed by atoms with E-state index in [9.17, 15) is 13.2 Å². The number of hydrogen-bond acceptors (Lipinski definition) is 10. The Morgan fingerprint density at radius 1 is 1.02 bits per heavy atom. The number of methoxy groups -OCH3 is 1. The molecule has 1 amide bonds. The number of aromatic nitrogens is 2. The summed E-state index contributed by atoms with van der Waals surface area (Å²) in [5, 5.41) is 6.72. The molecule has 2 aliphatic heterocycles. The van der Waals surface area contributed by atoms with E-state index in [1.807, 2.05) is 17.0 Å². The van der Waals surface area contributed by atoms with Crippen LogP contribution in [-0.4, -0.2) is 106 Å². The van der Waals surface area contributed by atoms with Crippen molar-refractivity contribution in [1.82, 2.24) is 24.1 Å². The van der Waals surface area contributed by atoms with Crippen LogP contribution in [0.2, 0.25) is 10.0 Å². The number of carbonyl (C=O) groups excluding carboxylic acids is 1. The van der Waals surface area contributed by atoms with Gasteiger partial charge in [0.2, 0.25) is 21.9 Å². The lowest BCUT2D eigenvalue weighted by atomic mass is 10.0. The first-order valence-electron chi connectivity index (χ1n) is 14.1. The highest BCUT2D eigenvalue weighted by Gasteiger charge is 2.24. The fourth-order valence-corrected chi connectivity index (χ4v) is 6.54. The Kier molecular flexibility index (Phi) is 10.1. The first kappa shape index (κ1) is 32.2. The molecule has 0 bridgehead atoms. The summed E-state index contributed by atoms with van der Waals surface area (Å²) in [5.74, 6) is 1.18. The van der Waals surface area contributed by atoms with Crippen LogP contribution < -0.4 is 15.4 Å². The van der Waals surface area contributed by atoms with E-state index in [4.69, 9.17) is 32.7 Å². The number of amides is 1. The molecule has 0 spiro atoms. The summed E-state index contributed by atoms with van der Waals surface area (Å²) in [6.07, 6.45) is 2.97. The fraction of sp³-hybridized carbons (Fsp3) is 0.414. The molecule has 2 N–H and O–H groups in total. The third-order valence-electron chi connectivity index (χ3n) is 7.59. The Balaban J connectivity index is 1.34. The van der Waals surface area contributed by atoms with Crippen LogP contribution in [0, 0.1) is 0 Å². The molecule has 3 heterocycles. The number of fused-ring (bicyclic) bond motifs is 1. The maximum absolute atomic E-state index is 13.0. The van der Waals surface area contributed by atoms with Gasteiger partial charge in [0.05, 0.1) is 44.4 Å². The number of anilines is 4. The summed E-state index contributed by atoms with van der Waals surface area (Å²) >= 11 is 12.5. The topological polar surface area (TPSA) is 129 Å². The number of nitrogens with one attached hydrogen (secondary N) is 2. The Morgan fingerprint density at radius 3 is 2.41 bits per heavy atom. The Morgan fingerprint density at radius 2 is 1.73 bits per heavy atom. The lowest BCUT2D eigenvalue weighted by Gasteiger charge is -2.29. The molecule has 0 aliphatic carbocycles. The Labute approximate surface area is 267 Å². The second-order valence-electron chi connectivity index (χ2n) is 10.7. The molecule has 0 atom stereocenters. The minimum absolute atomic E-state index is 0.0210. The molecule has 0 radical (unpaired) electrons. The number of carbonyl (C=O) groups is 1. The summed E-state index contributed by atoms with van der Waals surface area (Å²) in [6.45, 7) is 4.35. The van der Waals surface area contributed by atoms with Crippen molar-refractivity contribution < 1.29 is 22.7 Å². The number of benzene rings is 2. The molecule has 236 valence electrons. The van der Waals surface area contributed by atoms with Crippen LogP contribution in [0.3, 0.4) is 0 Å². The van der Waals surface area contributed by atoms with Crippen molar-refractivity contribution >= 4 is 62.3 Å². The first-order chi connectivity index (χ1) is 21.0. The van der Waals surface area contributed by atoms with Crippen LogP contribution in [-0.2, 0) is 32.4 Å². The number of rotatable bonds is 9. The zero-order chi connectivity index (χ0) is 31.4. The van der Waals surface area contributed by atoms with E-state index in [-0.39, 0.29) is 38.3 Å². The van der Waals surface area contributed by atoms with Crippen molar-refractivity contribution in [2.45, 2.75) is 17.7 Å². The van der Waals surface area contributed by atoms with Gasteiger partial charge in [-0.2, -0.15) is 4.98 Å². The van der Waals surface area contributed by atoms with Gasteiger partial charge < -0.3 is 25.0 Å². The van der Waals surface area contributed by atoms with Gasteiger partial charge in [0.1, 0.15) is 15.7 Å². The molecule has 15 heteroatoms. The zero-order valence-corrected chi connectivity index (χ0v) is 27.1. The summed E-state index contributed by atoms with van der Waals surface area (Å²) in [5.41, 5.74) is 3.22. The summed E-state index contributed by atoms with van der Waals surface area (Å²) in [7, 11) is 0.657. The third-order valence-corrected chi connectivity index (χ3v) is 9.95. The predicted octanol–water partition coefficient (Wildman–Crippen LogP) is 3.79. The van der Waals surface area contributed by atoms with Crippen LogP contribution in [0.15, 0.2) is 41.4 Å². The van der Waals surface area contributed by atoms with Gasteiger partial charge in [-0.15, -0.1) is 0 Å². The lowest BCUT2D eigenvalue weighted by molar-refractivity contribution is -0.136. The monoisotopic (exact) mass is 663 g/mol. The Bertz CT molecular complexity index is 1630. The summed E-state index contributed by atoms with van der Waals surface area (Å²) in [6, 6.07) is 8.53. The molecule has 0 unspecified atom stereocenters. The predicted molar refractivity (Wildman–Crippen MR) is 170 cm³/mol. The van der Waals surface area contributed by atoms with Crippen molar-refractivity contribution in [3.63, 3.8) is 0 Å². The quantitative estimate of drug-likeness (QED) is 0.349. The number of halogens is 2. The van der Waals surface area contributed by atoms with Gasteiger partial charge in [-0.25, -0.2) is 17.7 Å². The molecule has 1 saturated heterocycles. The molecule has 2 aromatic carbocycles. The molecule has 44 heavy (non-hydrogen) atoms. The van der Waals surface area contributed by atoms with Crippen LogP contribution in [0.5, 0.6) is 5.75 Å². The van der Waals surface area contributed by atoms with Crippen molar-refractivity contribution in [1.29, 1.82) is 0 Å². The normalized spacial score (nSPS) is 15.9. The van der Waals surface area contributed by atoms with E-state index < -0.39 is 10.0 Å². The smallest absolute Gasteiger partial charge is 0.244 e. The zero-order valence-electron chi connectivity index (χ0n) is 24.8. The second-order valence-corrected chi connectivity index (χ2v) is 13.6. The number of sulfonamides is 1. The minimum atomic E-state index is -3.82. The minimum Gasteiger partial charge on any atom is -0.495 e. The van der Waals surface area contributed by atoms with Crippen LogP contribution in [0.25, 0.3) is 0 Å². The van der Waals surface area contributed by atoms with Crippen LogP contribution in [0.1, 0.15) is 11.1 Å². The van der Waals surface area contributed by atoms with Gasteiger partial charge in [0.15, 0.2) is 5.82 Å². The standard InChI is InChI=1S/C29H35Cl2N7O5S/c1-36(2)44(40,41)26-16-21(30)4-5-23(26)33-28-22(31)17-32-29(35-28)34-24-14-19-6-8-37(9-7-20(19)15-25(24)42-3)18-27(39)38-10-12-43-13-11-38/h4-5,14-17H,6-13,18H2,1-3H3,(H2,32,33,34,35). The SMILES string of the molecule is COc1cc2c(cc1Nc1ncc(Cl)c(Nc3ccc(Cl)cc3S(=O)(=O)N(C)C)n1)CCN(CC(=O)N1CCOCC1)CC2. The number of hydrogen-bond donors (Lipinski definition) is 2. The van der Waals surface area contributed by atoms with E-state index in [2.05, 4.69) is 25.5 Å². The average molecular weight is 665 g/mol. The van der Waals surface area contributed by atoms with Crippen LogP contribution >= 0.6 is 23.2 Å². The number of ether oxygens (including phenoxy) is 2. The van der Waals surface area contributed by atoms with Gasteiger partial charge >= 0.3 is 0 Å². The molecule has 2 aliphatic rings. The molecule has 5 rings (SSSR count). The Hall–Kier alpha value is -3.20. The third kappa shape index (κ3) is 7.36. The molecule has 1 aromatic heterocycles. The van der Waals surface area contributed by atoms with Crippen molar-refractivity contribution in [3.8, 4) is 5.75 Å². The van der Waals surface area contributed by atoms with E-state index in [1.165, 1.54) is 26.4 Å². The van der Waals surface area contributed by atoms with E-state index >= 15 is 0 Å². The molecule has 3 aromatic rings. The highest BCUT2D eigenvalue weighted by molar-refractivity contribution is 7.89. The highest BCUT2D eigenvalue weighted by Crippen LogP contribution is 2.34. The van der Waals surface area contributed by atoms with Gasteiger partial charge in [-0.3, -0.25) is 9.69 Å². The summed E-state index contributed by atoms with van der Waals surface area (Å²) < 4.78 is 38.1. The lowest BCUT2D eigenvalue weighted by Crippen LogP contribution is -2.46. The maximum atomic E-state index is 13.0. The van der Waals surface area contributed by atoms with E-state index in [0.29, 0.717) is 44.3 Å². The van der Waals surface area contributed by atoms with E-state index in [1.54, 1.807) is 19.2 Å². The largest absolute Gasteiger partial charge is 0.495 e. The molecular formula is C29H35Cl2N7O5S. The van der Waals surface area contributed by atoms with Crippen LogP contribution in [0.4, 0.5) is 23.1 Å². The molecular weight excluding hydrogens is 629 g/mol.